The van der Waals surface area contributed by atoms with Crippen molar-refractivity contribution < 1.29 is 14.3 Å². The maximum absolute atomic E-state index is 13.2. The second kappa shape index (κ2) is 6.10. The second-order valence-electron chi connectivity index (χ2n) is 5.40. The fourth-order valence-electron chi connectivity index (χ4n) is 2.82. The summed E-state index contributed by atoms with van der Waals surface area (Å²) < 4.78 is 13.2. The Morgan fingerprint density at radius 2 is 1.90 bits per heavy atom. The first-order valence-corrected chi connectivity index (χ1v) is 7.28. The molecule has 20 heavy (non-hydrogen) atoms. The minimum Gasteiger partial charge on any atom is -0.480 e. The molecule has 1 heterocycles. The second-order valence-corrected chi connectivity index (χ2v) is 5.81. The lowest BCUT2D eigenvalue weighted by molar-refractivity contribution is -0.151. The van der Waals surface area contributed by atoms with Crippen LogP contribution in [0.5, 0.6) is 0 Å². The van der Waals surface area contributed by atoms with E-state index in [1.54, 1.807) is 6.92 Å². The number of benzene rings is 1. The van der Waals surface area contributed by atoms with Gasteiger partial charge in [-0.3, -0.25) is 4.90 Å². The molecule has 1 aromatic carbocycles. The van der Waals surface area contributed by atoms with Gasteiger partial charge < -0.3 is 5.11 Å². The number of nitrogens with zero attached hydrogens (tertiary/aromatic N) is 1. The Bertz CT molecular complexity index is 501. The SMILES string of the molecule is CC(C(=O)O)(c1ccc(F)cc1Cl)N1CCCCCC1. The summed E-state index contributed by atoms with van der Waals surface area (Å²) in [5, 5.41) is 9.90. The van der Waals surface area contributed by atoms with E-state index >= 15 is 0 Å². The summed E-state index contributed by atoms with van der Waals surface area (Å²) in [5.74, 6) is -1.41. The summed E-state index contributed by atoms with van der Waals surface area (Å²) in [7, 11) is 0. The van der Waals surface area contributed by atoms with Crippen LogP contribution in [0, 0.1) is 5.82 Å². The first-order valence-electron chi connectivity index (χ1n) is 6.90. The molecule has 1 fully saturated rings. The average molecular weight is 300 g/mol. The molecule has 1 aromatic rings. The molecule has 1 unspecified atom stereocenters. The molecule has 0 spiro atoms. The van der Waals surface area contributed by atoms with E-state index in [-0.39, 0.29) is 5.02 Å². The molecule has 1 aliphatic rings. The van der Waals surface area contributed by atoms with Gasteiger partial charge in [-0.2, -0.15) is 0 Å². The van der Waals surface area contributed by atoms with E-state index in [9.17, 15) is 14.3 Å². The van der Waals surface area contributed by atoms with Crippen molar-refractivity contribution in [3.63, 3.8) is 0 Å². The number of rotatable bonds is 3. The highest BCUT2D eigenvalue weighted by Gasteiger charge is 2.42. The van der Waals surface area contributed by atoms with Gasteiger partial charge in [-0.1, -0.05) is 30.5 Å². The number of hydrogen-bond donors (Lipinski definition) is 1. The number of likely N-dealkylation sites (tertiary alicyclic amines) is 1. The molecule has 1 N–H and O–H groups in total. The largest absolute Gasteiger partial charge is 0.480 e. The molecule has 0 aromatic heterocycles. The van der Waals surface area contributed by atoms with Gasteiger partial charge in [0.05, 0.1) is 0 Å². The molecule has 0 bridgehead atoms. The number of halogens is 2. The zero-order valence-corrected chi connectivity index (χ0v) is 12.3. The first-order chi connectivity index (χ1) is 9.46. The summed E-state index contributed by atoms with van der Waals surface area (Å²) in [5.41, 5.74) is -0.759. The molecular formula is C15H19ClFNO2. The van der Waals surface area contributed by atoms with Crippen LogP contribution < -0.4 is 0 Å². The van der Waals surface area contributed by atoms with Gasteiger partial charge >= 0.3 is 5.97 Å². The zero-order chi connectivity index (χ0) is 14.8. The Labute approximate surface area is 123 Å². The standard InChI is InChI=1S/C15H19ClFNO2/c1-15(14(19)20,18-8-4-2-3-5-9-18)12-7-6-11(17)10-13(12)16/h6-7,10H,2-5,8-9H2,1H3,(H,19,20). The summed E-state index contributed by atoms with van der Waals surface area (Å²) in [6.07, 6.45) is 4.18. The predicted molar refractivity (Wildman–Crippen MR) is 76.4 cm³/mol. The zero-order valence-electron chi connectivity index (χ0n) is 11.5. The van der Waals surface area contributed by atoms with Crippen molar-refractivity contribution in [3.8, 4) is 0 Å². The van der Waals surface area contributed by atoms with Crippen molar-refractivity contribution in [2.24, 2.45) is 0 Å². The van der Waals surface area contributed by atoms with Crippen molar-refractivity contribution in [2.45, 2.75) is 38.1 Å². The van der Waals surface area contributed by atoms with Gasteiger partial charge in [-0.05, 0) is 45.0 Å². The number of carboxylic acid groups (broad SMARTS) is 1. The van der Waals surface area contributed by atoms with Gasteiger partial charge in [-0.15, -0.1) is 0 Å². The molecule has 0 radical (unpaired) electrons. The number of aliphatic carboxylic acids is 1. The Kier molecular flexibility index (Phi) is 4.66. The van der Waals surface area contributed by atoms with E-state index in [1.165, 1.54) is 18.2 Å². The molecule has 0 aliphatic carbocycles. The molecule has 1 atom stereocenters. The molecule has 5 heteroatoms. The van der Waals surface area contributed by atoms with Crippen LogP contribution in [0.2, 0.25) is 5.02 Å². The van der Waals surface area contributed by atoms with Crippen molar-refractivity contribution in [3.05, 3.63) is 34.6 Å². The third kappa shape index (κ3) is 2.81. The molecule has 3 nitrogen and oxygen atoms in total. The molecular weight excluding hydrogens is 281 g/mol. The highest BCUT2D eigenvalue weighted by molar-refractivity contribution is 6.31. The average Bonchev–Trinajstić information content (AvgIpc) is 2.66. The van der Waals surface area contributed by atoms with E-state index in [0.717, 1.165) is 38.8 Å². The van der Waals surface area contributed by atoms with Crippen molar-refractivity contribution in [1.29, 1.82) is 0 Å². The molecule has 110 valence electrons. The first kappa shape index (κ1) is 15.3. The van der Waals surface area contributed by atoms with Crippen LogP contribution in [0.25, 0.3) is 0 Å². The lowest BCUT2D eigenvalue weighted by atomic mass is 9.89. The van der Waals surface area contributed by atoms with Gasteiger partial charge in [0.1, 0.15) is 11.4 Å². The smallest absolute Gasteiger partial charge is 0.328 e. The number of hydrogen-bond acceptors (Lipinski definition) is 2. The summed E-state index contributed by atoms with van der Waals surface area (Å²) >= 11 is 6.09. The lowest BCUT2D eigenvalue weighted by Gasteiger charge is -2.38. The van der Waals surface area contributed by atoms with Crippen LogP contribution in [0.3, 0.4) is 0 Å². The Morgan fingerprint density at radius 3 is 2.40 bits per heavy atom. The topological polar surface area (TPSA) is 40.5 Å². The molecule has 0 amide bonds. The van der Waals surface area contributed by atoms with E-state index in [4.69, 9.17) is 11.6 Å². The molecule has 1 aliphatic heterocycles. The fraction of sp³-hybridized carbons (Fsp3) is 0.533. The number of carboxylic acids is 1. The predicted octanol–water partition coefficient (Wildman–Crippen LogP) is 3.65. The highest BCUT2D eigenvalue weighted by Crippen LogP contribution is 2.35. The van der Waals surface area contributed by atoms with Gasteiger partial charge in [0.15, 0.2) is 0 Å². The van der Waals surface area contributed by atoms with E-state index in [1.807, 2.05) is 4.90 Å². The van der Waals surface area contributed by atoms with Gasteiger partial charge in [0.2, 0.25) is 0 Å². The van der Waals surface area contributed by atoms with Crippen molar-refractivity contribution in [2.75, 3.05) is 13.1 Å². The van der Waals surface area contributed by atoms with Gasteiger partial charge in [0, 0.05) is 10.6 Å². The minimum atomic E-state index is -1.21. The Hall–Kier alpha value is -1.13. The van der Waals surface area contributed by atoms with Crippen LogP contribution in [0.1, 0.15) is 38.2 Å². The molecule has 2 rings (SSSR count). The molecule has 0 saturated carbocycles. The third-order valence-corrected chi connectivity index (χ3v) is 4.42. The number of carbonyl (C=O) groups is 1. The summed E-state index contributed by atoms with van der Waals surface area (Å²) in [6, 6.07) is 3.92. The van der Waals surface area contributed by atoms with E-state index < -0.39 is 17.3 Å². The minimum absolute atomic E-state index is 0.166. The van der Waals surface area contributed by atoms with Gasteiger partial charge in [-0.25, -0.2) is 9.18 Å². The summed E-state index contributed by atoms with van der Waals surface area (Å²) in [4.78, 5) is 13.8. The maximum Gasteiger partial charge on any atom is 0.328 e. The third-order valence-electron chi connectivity index (χ3n) is 4.11. The van der Waals surface area contributed by atoms with E-state index in [0.29, 0.717) is 5.56 Å². The summed E-state index contributed by atoms with van der Waals surface area (Å²) in [6.45, 7) is 3.09. The Morgan fingerprint density at radius 1 is 1.30 bits per heavy atom. The monoisotopic (exact) mass is 299 g/mol. The van der Waals surface area contributed by atoms with Crippen LogP contribution >= 0.6 is 11.6 Å². The van der Waals surface area contributed by atoms with Crippen LogP contribution in [0.4, 0.5) is 4.39 Å². The van der Waals surface area contributed by atoms with Crippen molar-refractivity contribution >= 4 is 17.6 Å². The quantitative estimate of drug-likeness (QED) is 0.926. The molecule has 1 saturated heterocycles. The lowest BCUT2D eigenvalue weighted by Crippen LogP contribution is -2.50. The van der Waals surface area contributed by atoms with Crippen molar-refractivity contribution in [1.82, 2.24) is 4.90 Å². The normalized spacial score (nSPS) is 20.1. The van der Waals surface area contributed by atoms with Crippen LogP contribution in [-0.2, 0) is 10.3 Å². The maximum atomic E-state index is 13.2. The van der Waals surface area contributed by atoms with Crippen LogP contribution in [0.15, 0.2) is 18.2 Å². The Balaban J connectivity index is 2.44. The fourth-order valence-corrected chi connectivity index (χ4v) is 3.17. The van der Waals surface area contributed by atoms with E-state index in [2.05, 4.69) is 0 Å². The van der Waals surface area contributed by atoms with Crippen LogP contribution in [-0.4, -0.2) is 29.1 Å². The van der Waals surface area contributed by atoms with Gasteiger partial charge in [0.25, 0.3) is 0 Å². The highest BCUT2D eigenvalue weighted by atomic mass is 35.5.